The normalized spacial score (nSPS) is 29.1. The summed E-state index contributed by atoms with van der Waals surface area (Å²) < 4.78 is 42.4. The number of hydrogen-bond acceptors (Lipinski definition) is 3. The van der Waals surface area contributed by atoms with Gasteiger partial charge in [-0.3, -0.25) is 0 Å². The topological polar surface area (TPSA) is 50.7 Å². The average Bonchev–Trinajstić information content (AvgIpc) is 2.57. The zero-order chi connectivity index (χ0) is 15.2. The van der Waals surface area contributed by atoms with E-state index < -0.39 is 23.6 Å². The second-order valence-corrected chi connectivity index (χ2v) is 5.99. The Balaban J connectivity index is 1.86. The van der Waals surface area contributed by atoms with Crippen molar-refractivity contribution in [3.05, 3.63) is 12.3 Å². The molecular weight excluding hydrogens is 275 g/mol. The minimum atomic E-state index is -4.43. The van der Waals surface area contributed by atoms with Gasteiger partial charge in [0.05, 0.1) is 0 Å². The van der Waals surface area contributed by atoms with Crippen molar-refractivity contribution in [2.45, 2.75) is 38.6 Å². The first-order chi connectivity index (χ1) is 8.99. The number of alkyl carbamates (subject to hydrolysis) is 1. The second-order valence-electron chi connectivity index (χ2n) is 5.99. The van der Waals surface area contributed by atoms with Crippen LogP contribution in [-0.4, -0.2) is 47.3 Å². The summed E-state index contributed by atoms with van der Waals surface area (Å²) in [7, 11) is 0. The molecule has 0 saturated carbocycles. The molecule has 1 amide bonds. The van der Waals surface area contributed by atoms with Crippen LogP contribution >= 0.6 is 0 Å². The Kier molecular flexibility index (Phi) is 3.32. The molecule has 2 aliphatic rings. The minimum Gasteiger partial charge on any atom is -0.444 e. The van der Waals surface area contributed by atoms with Crippen molar-refractivity contribution in [2.75, 3.05) is 13.1 Å². The van der Waals surface area contributed by atoms with Gasteiger partial charge in [-0.15, -0.1) is 0 Å². The first kappa shape index (κ1) is 14.8. The summed E-state index contributed by atoms with van der Waals surface area (Å²) in [6.45, 7) is 5.82. The summed E-state index contributed by atoms with van der Waals surface area (Å²) in [6, 6.07) is -0.231. The van der Waals surface area contributed by atoms with Gasteiger partial charge < -0.3 is 10.1 Å². The standard InChI is InChI=1S/C12H16F3N3O2/c1-11(2,3)20-10(19)16-8-6-18(7-8)5-4-9(17-18)12(13,14)15/h4-5,8H,6-7H2,1-3H3/p+1. The number of halogens is 3. The molecule has 0 unspecified atom stereocenters. The van der Waals surface area contributed by atoms with Crippen molar-refractivity contribution >= 4 is 11.8 Å². The maximum absolute atomic E-state index is 12.5. The maximum atomic E-state index is 12.5. The number of nitrogens with zero attached hydrogens (tertiary/aromatic N) is 2. The van der Waals surface area contributed by atoms with Crippen molar-refractivity contribution in [1.82, 2.24) is 5.32 Å². The van der Waals surface area contributed by atoms with Crippen LogP contribution in [0.3, 0.4) is 0 Å². The van der Waals surface area contributed by atoms with Gasteiger partial charge >= 0.3 is 12.3 Å². The zero-order valence-electron chi connectivity index (χ0n) is 11.5. The molecule has 2 rings (SSSR count). The Bertz CT molecular complexity index is 471. The fourth-order valence-corrected chi connectivity index (χ4v) is 2.12. The maximum Gasteiger partial charge on any atom is 0.438 e. The largest absolute Gasteiger partial charge is 0.444 e. The fraction of sp³-hybridized carbons (Fsp3) is 0.667. The Morgan fingerprint density at radius 2 is 2.00 bits per heavy atom. The van der Waals surface area contributed by atoms with Crippen molar-refractivity contribution in [3.63, 3.8) is 0 Å². The van der Waals surface area contributed by atoms with Gasteiger partial charge in [-0.25, -0.2) is 4.79 Å². The van der Waals surface area contributed by atoms with E-state index >= 15 is 0 Å². The molecule has 5 nitrogen and oxygen atoms in total. The molecule has 1 fully saturated rings. The number of quaternary nitrogens is 1. The average molecular weight is 292 g/mol. The molecule has 0 bridgehead atoms. The Morgan fingerprint density at radius 3 is 2.45 bits per heavy atom. The smallest absolute Gasteiger partial charge is 0.438 e. The third-order valence-electron chi connectivity index (χ3n) is 2.90. The lowest BCUT2D eigenvalue weighted by Crippen LogP contribution is -2.65. The van der Waals surface area contributed by atoms with Crippen LogP contribution in [0.1, 0.15) is 20.8 Å². The first-order valence-corrected chi connectivity index (χ1v) is 6.22. The number of carbonyl (C=O) groups is 1. The molecule has 0 radical (unpaired) electrons. The fourth-order valence-electron chi connectivity index (χ4n) is 2.12. The molecule has 112 valence electrons. The highest BCUT2D eigenvalue weighted by Crippen LogP contribution is 2.31. The van der Waals surface area contributed by atoms with E-state index in [0.717, 1.165) is 6.08 Å². The van der Waals surface area contributed by atoms with Crippen molar-refractivity contribution in [1.29, 1.82) is 0 Å². The van der Waals surface area contributed by atoms with Gasteiger partial charge in [0.1, 0.15) is 30.9 Å². The van der Waals surface area contributed by atoms with Crippen LogP contribution in [0.5, 0.6) is 0 Å². The van der Waals surface area contributed by atoms with Crippen molar-refractivity contribution in [3.8, 4) is 0 Å². The Labute approximate surface area is 114 Å². The van der Waals surface area contributed by atoms with Gasteiger partial charge in [-0.2, -0.15) is 17.8 Å². The Hall–Kier alpha value is -1.57. The van der Waals surface area contributed by atoms with E-state index in [4.69, 9.17) is 4.74 Å². The van der Waals surface area contributed by atoms with E-state index in [1.54, 1.807) is 20.8 Å². The van der Waals surface area contributed by atoms with Crippen molar-refractivity contribution in [2.24, 2.45) is 5.10 Å². The van der Waals surface area contributed by atoms with Crippen LogP contribution in [0, 0.1) is 0 Å². The number of carbonyl (C=O) groups excluding carboxylic acids is 1. The number of amides is 1. The molecule has 0 aromatic heterocycles. The summed E-state index contributed by atoms with van der Waals surface area (Å²) in [4.78, 5) is 11.5. The van der Waals surface area contributed by atoms with E-state index in [-0.39, 0.29) is 10.6 Å². The predicted molar refractivity (Wildman–Crippen MR) is 65.8 cm³/mol. The molecule has 1 spiro atoms. The van der Waals surface area contributed by atoms with Crippen LogP contribution in [0.25, 0.3) is 0 Å². The summed E-state index contributed by atoms with van der Waals surface area (Å²) in [5.41, 5.74) is -1.48. The predicted octanol–water partition coefficient (Wildman–Crippen LogP) is 2.16. The summed E-state index contributed by atoms with van der Waals surface area (Å²) in [5.74, 6) is 0. The summed E-state index contributed by atoms with van der Waals surface area (Å²) in [6.07, 6.45) is -2.62. The van der Waals surface area contributed by atoms with E-state index in [2.05, 4.69) is 10.4 Å². The van der Waals surface area contributed by atoms with Crippen LogP contribution < -0.4 is 5.32 Å². The van der Waals surface area contributed by atoms with E-state index in [1.807, 2.05) is 0 Å². The highest BCUT2D eigenvalue weighted by atomic mass is 19.4. The number of nitrogens with one attached hydrogen (secondary N) is 1. The van der Waals surface area contributed by atoms with Gasteiger partial charge in [0.2, 0.25) is 5.71 Å². The number of alkyl halides is 3. The minimum absolute atomic E-state index is 0.116. The third-order valence-corrected chi connectivity index (χ3v) is 2.90. The van der Waals surface area contributed by atoms with E-state index in [1.165, 1.54) is 6.20 Å². The van der Waals surface area contributed by atoms with Gasteiger partial charge in [0.15, 0.2) is 0 Å². The molecule has 0 aromatic rings. The van der Waals surface area contributed by atoms with Gasteiger partial charge in [0, 0.05) is 6.08 Å². The molecule has 0 aliphatic carbocycles. The summed E-state index contributed by atoms with van der Waals surface area (Å²) in [5, 5.41) is 6.27. The van der Waals surface area contributed by atoms with E-state index in [0.29, 0.717) is 13.1 Å². The molecule has 0 atom stereocenters. The quantitative estimate of drug-likeness (QED) is 0.753. The van der Waals surface area contributed by atoms with Gasteiger partial charge in [-0.05, 0) is 20.8 Å². The van der Waals surface area contributed by atoms with Crippen LogP contribution in [-0.2, 0) is 4.74 Å². The molecule has 2 heterocycles. The van der Waals surface area contributed by atoms with E-state index in [9.17, 15) is 18.0 Å². The monoisotopic (exact) mass is 292 g/mol. The van der Waals surface area contributed by atoms with Gasteiger partial charge in [0.25, 0.3) is 0 Å². The molecule has 1 saturated heterocycles. The highest BCUT2D eigenvalue weighted by Gasteiger charge is 2.51. The van der Waals surface area contributed by atoms with Crippen molar-refractivity contribution < 1.29 is 27.3 Å². The Morgan fingerprint density at radius 1 is 1.40 bits per heavy atom. The molecule has 8 heteroatoms. The second kappa shape index (κ2) is 4.47. The molecule has 0 aromatic carbocycles. The summed E-state index contributed by atoms with van der Waals surface area (Å²) >= 11 is 0. The lowest BCUT2D eigenvalue weighted by molar-refractivity contribution is -0.925. The highest BCUT2D eigenvalue weighted by molar-refractivity contribution is 5.99. The number of rotatable bonds is 1. The van der Waals surface area contributed by atoms with Crippen LogP contribution in [0.2, 0.25) is 0 Å². The first-order valence-electron chi connectivity index (χ1n) is 6.22. The lowest BCUT2D eigenvalue weighted by atomic mass is 10.1. The third kappa shape index (κ3) is 3.30. The number of allylic oxidation sites excluding steroid dienone is 1. The van der Waals surface area contributed by atoms with Crippen LogP contribution in [0.4, 0.5) is 18.0 Å². The molecule has 1 N–H and O–H groups in total. The SMILES string of the molecule is CC(C)(C)OC(=O)NC1C[N+]2(C=CC(C(F)(F)F)=N2)C1. The lowest BCUT2D eigenvalue weighted by Gasteiger charge is -2.40. The van der Waals surface area contributed by atoms with Gasteiger partial charge in [-0.1, -0.05) is 5.10 Å². The molecule has 20 heavy (non-hydrogen) atoms. The number of hydrogen-bond donors (Lipinski definition) is 1. The molecule has 2 aliphatic heterocycles. The number of ether oxygens (including phenoxy) is 1. The van der Waals surface area contributed by atoms with Crippen LogP contribution in [0.15, 0.2) is 17.4 Å². The molecular formula is C12H17F3N3O2+. The zero-order valence-corrected chi connectivity index (χ0v) is 11.5.